The van der Waals surface area contributed by atoms with Crippen LogP contribution in [0, 0.1) is 5.92 Å². The Bertz CT molecular complexity index is 1680. The van der Waals surface area contributed by atoms with Crippen LogP contribution < -0.4 is 11.1 Å². The Hall–Kier alpha value is -3.80. The van der Waals surface area contributed by atoms with E-state index in [-0.39, 0.29) is 46.7 Å². The van der Waals surface area contributed by atoms with Crippen LogP contribution in [0.25, 0.3) is 10.9 Å². The summed E-state index contributed by atoms with van der Waals surface area (Å²) in [6.07, 6.45) is -0.355. The summed E-state index contributed by atoms with van der Waals surface area (Å²) in [5, 5.41) is 18.6. The first-order valence-corrected chi connectivity index (χ1v) is 17.1. The van der Waals surface area contributed by atoms with Crippen molar-refractivity contribution in [1.29, 1.82) is 0 Å². The van der Waals surface area contributed by atoms with Crippen molar-refractivity contribution in [2.45, 2.75) is 74.1 Å². The topological polar surface area (TPSA) is 194 Å². The Morgan fingerprint density at radius 2 is 1.91 bits per heavy atom. The van der Waals surface area contributed by atoms with E-state index in [0.717, 1.165) is 27.6 Å². The standard InChI is InChI=1S/C31H39N5O10S/c1-42-31(39)36-25-12-11-21(16-23(25)28(32)34-36)47(40,41)35(46-20-9-5-6-10-20)17-26(37)24(15-19-7-3-2-4-8-19)33-30(38)45-27-18-44-29-22(27)13-14-43-29/h2-4,7-8,11-12,16,20,22,24,26-27,29,37H,5-6,9-10,13-15,17-18H2,1H3,(H2,32,34)(H,33,38)/t22-,24-,26-,27-,29+/m0/s1. The van der Waals surface area contributed by atoms with Gasteiger partial charge in [-0.05, 0) is 49.4 Å². The fraction of sp³-hybridized carbons (Fsp3) is 0.516. The number of rotatable bonds is 11. The molecule has 0 unspecified atom stereocenters. The molecule has 2 saturated heterocycles. The highest BCUT2D eigenvalue weighted by Crippen LogP contribution is 2.33. The SMILES string of the molecule is COC(=O)n1nc(N)c2cc(S(=O)(=O)N(C[C@H](O)[C@H](Cc3ccccc3)NC(=O)O[C@H]3CO[C@H]4OCC[C@H]43)OC3CCCC3)ccc21. The molecule has 3 heterocycles. The number of alkyl carbamates (subject to hydrolysis) is 1. The average molecular weight is 674 g/mol. The molecule has 5 atom stereocenters. The van der Waals surface area contributed by atoms with Gasteiger partial charge < -0.3 is 35.1 Å². The number of aromatic nitrogens is 2. The summed E-state index contributed by atoms with van der Waals surface area (Å²) in [5.74, 6) is -0.149. The van der Waals surface area contributed by atoms with Crippen LogP contribution in [0.5, 0.6) is 0 Å². The molecule has 6 rings (SSSR count). The fourth-order valence-corrected chi connectivity index (χ4v) is 7.61. The summed E-state index contributed by atoms with van der Waals surface area (Å²) in [6, 6.07) is 12.2. The summed E-state index contributed by atoms with van der Waals surface area (Å²) in [4.78, 5) is 31.2. The van der Waals surface area contributed by atoms with Crippen LogP contribution in [0.2, 0.25) is 0 Å². The van der Waals surface area contributed by atoms with Crippen molar-refractivity contribution in [1.82, 2.24) is 19.6 Å². The van der Waals surface area contributed by atoms with Crippen LogP contribution >= 0.6 is 0 Å². The van der Waals surface area contributed by atoms with Crippen LogP contribution in [-0.4, -0.2) is 97.5 Å². The number of nitrogens with two attached hydrogens (primary N) is 1. The third-order valence-electron chi connectivity index (χ3n) is 8.81. The molecule has 2 aromatic carbocycles. The first-order chi connectivity index (χ1) is 22.6. The van der Waals surface area contributed by atoms with Crippen LogP contribution in [0.15, 0.2) is 53.4 Å². The van der Waals surface area contributed by atoms with Crippen molar-refractivity contribution in [2.75, 3.05) is 32.6 Å². The predicted octanol–water partition coefficient (Wildman–Crippen LogP) is 2.56. The second kappa shape index (κ2) is 14.1. The van der Waals surface area contributed by atoms with E-state index in [4.69, 9.17) is 29.5 Å². The Labute approximate surface area is 271 Å². The van der Waals surface area contributed by atoms with E-state index in [1.807, 2.05) is 30.3 Å². The van der Waals surface area contributed by atoms with Gasteiger partial charge in [-0.15, -0.1) is 5.10 Å². The second-order valence-electron chi connectivity index (χ2n) is 11.9. The van der Waals surface area contributed by atoms with Crippen LogP contribution in [0.3, 0.4) is 0 Å². The number of hydroxylamine groups is 1. The number of sulfonamides is 1. The van der Waals surface area contributed by atoms with Crippen LogP contribution in [-0.2, 0) is 40.2 Å². The number of nitrogens with one attached hydrogen (secondary N) is 1. The van der Waals surface area contributed by atoms with E-state index < -0.39 is 53.3 Å². The van der Waals surface area contributed by atoms with Gasteiger partial charge in [0.1, 0.15) is 6.10 Å². The second-order valence-corrected chi connectivity index (χ2v) is 13.8. The summed E-state index contributed by atoms with van der Waals surface area (Å²) in [6.45, 7) is 0.213. The number of benzene rings is 2. The molecule has 0 radical (unpaired) electrons. The lowest BCUT2D eigenvalue weighted by atomic mass is 10.0. The lowest BCUT2D eigenvalue weighted by molar-refractivity contribution is -0.145. The van der Waals surface area contributed by atoms with Crippen molar-refractivity contribution in [3.05, 3.63) is 54.1 Å². The molecule has 15 nitrogen and oxygen atoms in total. The van der Waals surface area contributed by atoms with Crippen molar-refractivity contribution in [3.8, 4) is 0 Å². The minimum absolute atomic E-state index is 0.0699. The summed E-state index contributed by atoms with van der Waals surface area (Å²) < 4.78 is 51.5. The number of nitrogens with zero attached hydrogens (tertiary/aromatic N) is 3. The van der Waals surface area contributed by atoms with Crippen LogP contribution in [0.4, 0.5) is 15.4 Å². The third kappa shape index (κ3) is 7.22. The zero-order valence-corrected chi connectivity index (χ0v) is 26.7. The minimum Gasteiger partial charge on any atom is -0.451 e. The highest BCUT2D eigenvalue weighted by Gasteiger charge is 2.44. The largest absolute Gasteiger partial charge is 0.451 e. The molecule has 1 amide bonds. The number of anilines is 1. The van der Waals surface area contributed by atoms with Gasteiger partial charge in [0, 0.05) is 5.39 Å². The molecule has 2 aliphatic heterocycles. The van der Waals surface area contributed by atoms with Gasteiger partial charge >= 0.3 is 12.2 Å². The van der Waals surface area contributed by atoms with E-state index in [2.05, 4.69) is 10.4 Å². The first-order valence-electron chi connectivity index (χ1n) is 15.6. The number of methoxy groups -OCH3 is 1. The molecular formula is C31H39N5O10S. The molecule has 254 valence electrons. The number of carbonyl (C=O) groups is 2. The number of hydrogen-bond acceptors (Lipinski definition) is 12. The van der Waals surface area contributed by atoms with E-state index in [0.29, 0.717) is 25.9 Å². The summed E-state index contributed by atoms with van der Waals surface area (Å²) in [7, 11) is -3.21. The maximum Gasteiger partial charge on any atom is 0.435 e. The van der Waals surface area contributed by atoms with Gasteiger partial charge in [0.05, 0.1) is 61.4 Å². The summed E-state index contributed by atoms with van der Waals surface area (Å²) >= 11 is 0. The van der Waals surface area contributed by atoms with Gasteiger partial charge in [0.15, 0.2) is 12.1 Å². The molecule has 0 bridgehead atoms. The third-order valence-corrected chi connectivity index (χ3v) is 10.4. The van der Waals surface area contributed by atoms with Crippen molar-refractivity contribution < 1.29 is 46.9 Å². The van der Waals surface area contributed by atoms with Gasteiger partial charge in [0.25, 0.3) is 10.0 Å². The molecule has 1 saturated carbocycles. The monoisotopic (exact) mass is 673 g/mol. The van der Waals surface area contributed by atoms with Gasteiger partial charge in [-0.25, -0.2) is 18.0 Å². The van der Waals surface area contributed by atoms with E-state index in [1.165, 1.54) is 25.3 Å². The highest BCUT2D eigenvalue weighted by molar-refractivity contribution is 7.89. The van der Waals surface area contributed by atoms with E-state index in [9.17, 15) is 23.1 Å². The smallest absolute Gasteiger partial charge is 0.435 e. The minimum atomic E-state index is -4.40. The molecule has 3 aliphatic rings. The molecule has 1 aliphatic carbocycles. The van der Waals surface area contributed by atoms with Gasteiger partial charge in [-0.3, -0.25) is 4.84 Å². The zero-order valence-electron chi connectivity index (χ0n) is 25.9. The summed E-state index contributed by atoms with van der Waals surface area (Å²) in [5.41, 5.74) is 7.09. The number of ether oxygens (including phenoxy) is 4. The maximum absolute atomic E-state index is 14.1. The Balaban J connectivity index is 1.25. The van der Waals surface area contributed by atoms with Crippen molar-refractivity contribution >= 4 is 38.9 Å². The van der Waals surface area contributed by atoms with Crippen molar-refractivity contribution in [3.63, 3.8) is 0 Å². The highest BCUT2D eigenvalue weighted by atomic mass is 32.2. The average Bonchev–Trinajstić information content (AvgIpc) is 3.88. The fourth-order valence-electron chi connectivity index (χ4n) is 6.28. The predicted molar refractivity (Wildman–Crippen MR) is 166 cm³/mol. The molecule has 47 heavy (non-hydrogen) atoms. The lowest BCUT2D eigenvalue weighted by Gasteiger charge is -2.31. The van der Waals surface area contributed by atoms with Crippen molar-refractivity contribution in [2.24, 2.45) is 5.92 Å². The number of nitrogen functional groups attached to an aromatic ring is 1. The van der Waals surface area contributed by atoms with Crippen LogP contribution in [0.1, 0.15) is 37.7 Å². The molecular weight excluding hydrogens is 634 g/mol. The lowest BCUT2D eigenvalue weighted by Crippen LogP contribution is -2.51. The number of amides is 1. The molecule has 0 spiro atoms. The number of fused-ring (bicyclic) bond motifs is 2. The Morgan fingerprint density at radius 3 is 2.66 bits per heavy atom. The number of hydrogen-bond donors (Lipinski definition) is 3. The van der Waals surface area contributed by atoms with E-state index >= 15 is 0 Å². The van der Waals surface area contributed by atoms with Gasteiger partial charge in [-0.2, -0.15) is 4.68 Å². The molecule has 16 heteroatoms. The molecule has 3 fully saturated rings. The normalized spacial score (nSPS) is 22.7. The molecule has 1 aromatic heterocycles. The van der Waals surface area contributed by atoms with Gasteiger partial charge in [-0.1, -0.05) is 47.6 Å². The maximum atomic E-state index is 14.1. The first kappa shape index (κ1) is 33.1. The number of carbonyl (C=O) groups excluding carboxylic acids is 2. The number of aliphatic hydroxyl groups excluding tert-OH is 1. The zero-order chi connectivity index (χ0) is 33.1. The Kier molecular flexibility index (Phi) is 9.96. The number of aliphatic hydroxyl groups is 1. The molecule has 3 aromatic rings. The van der Waals surface area contributed by atoms with E-state index in [1.54, 1.807) is 0 Å². The molecule has 4 N–H and O–H groups in total. The Morgan fingerprint density at radius 1 is 1.15 bits per heavy atom. The van der Waals surface area contributed by atoms with Gasteiger partial charge in [0.2, 0.25) is 0 Å². The quantitative estimate of drug-likeness (QED) is 0.252.